The minimum absolute atomic E-state index is 0.138. The lowest BCUT2D eigenvalue weighted by atomic mass is 10.0. The van der Waals surface area contributed by atoms with Crippen LogP contribution in [0, 0.1) is 5.92 Å². The number of pyridine rings is 1. The van der Waals surface area contributed by atoms with E-state index in [-0.39, 0.29) is 11.8 Å². The summed E-state index contributed by atoms with van der Waals surface area (Å²) in [6.45, 7) is 3.01. The number of alkyl halides is 3. The molecule has 33 heavy (non-hydrogen) atoms. The SMILES string of the molecule is CCN(C(=O)c1ccc2nc(N)c3c(c2c1)COC3)C(c1ccc(C(F)(F)F)nn1)C1CC1. The Balaban J connectivity index is 1.50. The number of anilines is 1. The molecular weight excluding hydrogens is 435 g/mol. The van der Waals surface area contributed by atoms with Gasteiger partial charge in [0, 0.05) is 23.1 Å². The molecule has 2 aliphatic rings. The van der Waals surface area contributed by atoms with Gasteiger partial charge in [-0.15, -0.1) is 5.10 Å². The maximum absolute atomic E-state index is 13.6. The molecule has 1 aliphatic carbocycles. The largest absolute Gasteiger partial charge is 0.435 e. The van der Waals surface area contributed by atoms with Crippen LogP contribution in [-0.4, -0.2) is 32.5 Å². The van der Waals surface area contributed by atoms with E-state index >= 15 is 0 Å². The standard InChI is InChI=1S/C23H22F3N5O2/c1-2-31(20(12-3-4-12)18-7-8-19(30-29-18)23(24,25)26)22(32)13-5-6-17-14(9-13)15-10-33-11-16(15)21(27)28-17/h5-9,12,20H,2-4,10-11H2,1H3,(H2,27,28). The number of carbonyl (C=O) groups is 1. The van der Waals surface area contributed by atoms with Gasteiger partial charge in [-0.05, 0) is 61.6 Å². The van der Waals surface area contributed by atoms with Crippen molar-refractivity contribution < 1.29 is 22.7 Å². The maximum atomic E-state index is 13.6. The molecule has 2 N–H and O–H groups in total. The van der Waals surface area contributed by atoms with Crippen LogP contribution in [-0.2, 0) is 24.1 Å². The number of aromatic nitrogens is 3. The molecule has 1 fully saturated rings. The van der Waals surface area contributed by atoms with Crippen LogP contribution in [0.4, 0.5) is 19.0 Å². The summed E-state index contributed by atoms with van der Waals surface area (Å²) in [5, 5.41) is 8.04. The van der Waals surface area contributed by atoms with Gasteiger partial charge >= 0.3 is 6.18 Å². The molecule has 1 saturated carbocycles. The van der Waals surface area contributed by atoms with Crippen molar-refractivity contribution in [2.75, 3.05) is 12.3 Å². The molecule has 0 radical (unpaired) electrons. The molecule has 5 rings (SSSR count). The lowest BCUT2D eigenvalue weighted by Crippen LogP contribution is -2.36. The van der Waals surface area contributed by atoms with Crippen LogP contribution in [0.25, 0.3) is 10.9 Å². The summed E-state index contributed by atoms with van der Waals surface area (Å²) < 4.78 is 44.3. The molecule has 1 atom stereocenters. The van der Waals surface area contributed by atoms with Crippen molar-refractivity contribution in [3.05, 3.63) is 58.4 Å². The van der Waals surface area contributed by atoms with Crippen LogP contribution in [0.15, 0.2) is 30.3 Å². The molecule has 0 spiro atoms. The summed E-state index contributed by atoms with van der Waals surface area (Å²) in [6, 6.07) is 7.06. The molecule has 1 amide bonds. The van der Waals surface area contributed by atoms with Crippen LogP contribution in [0.1, 0.15) is 58.7 Å². The molecule has 2 aromatic heterocycles. The Morgan fingerprint density at radius 3 is 2.58 bits per heavy atom. The molecule has 1 aromatic carbocycles. The normalized spacial score (nSPS) is 16.6. The fourth-order valence-electron chi connectivity index (χ4n) is 4.46. The first-order valence-corrected chi connectivity index (χ1v) is 10.8. The first kappa shape index (κ1) is 21.6. The van der Waals surface area contributed by atoms with E-state index in [0.717, 1.165) is 35.4 Å². The van der Waals surface area contributed by atoms with E-state index in [1.807, 2.05) is 6.92 Å². The molecule has 1 unspecified atom stereocenters. The number of hydrogen-bond acceptors (Lipinski definition) is 6. The highest BCUT2D eigenvalue weighted by Gasteiger charge is 2.40. The van der Waals surface area contributed by atoms with Crippen molar-refractivity contribution in [2.45, 2.75) is 45.2 Å². The van der Waals surface area contributed by atoms with Crippen molar-refractivity contribution in [2.24, 2.45) is 5.92 Å². The summed E-state index contributed by atoms with van der Waals surface area (Å²) in [5.41, 5.74) is 8.28. The van der Waals surface area contributed by atoms with Gasteiger partial charge in [0.1, 0.15) is 5.82 Å². The average molecular weight is 457 g/mol. The molecule has 7 nitrogen and oxygen atoms in total. The van der Waals surface area contributed by atoms with Gasteiger partial charge in [0.25, 0.3) is 5.91 Å². The molecule has 10 heteroatoms. The zero-order chi connectivity index (χ0) is 23.3. The Morgan fingerprint density at radius 1 is 1.18 bits per heavy atom. The lowest BCUT2D eigenvalue weighted by Gasteiger charge is -2.30. The predicted molar refractivity (Wildman–Crippen MR) is 114 cm³/mol. The minimum Gasteiger partial charge on any atom is -0.383 e. The summed E-state index contributed by atoms with van der Waals surface area (Å²) >= 11 is 0. The molecular formula is C23H22F3N5O2. The van der Waals surface area contributed by atoms with Gasteiger partial charge in [-0.25, -0.2) is 4.98 Å². The molecule has 0 saturated heterocycles. The third-order valence-electron chi connectivity index (χ3n) is 6.26. The Kier molecular flexibility index (Phi) is 5.19. The van der Waals surface area contributed by atoms with Gasteiger partial charge in [-0.1, -0.05) is 0 Å². The van der Waals surface area contributed by atoms with Gasteiger partial charge < -0.3 is 15.4 Å². The monoisotopic (exact) mass is 457 g/mol. The number of nitrogens with two attached hydrogens (primary N) is 1. The van der Waals surface area contributed by atoms with E-state index in [2.05, 4.69) is 15.2 Å². The van der Waals surface area contributed by atoms with Crippen molar-refractivity contribution >= 4 is 22.6 Å². The van der Waals surface area contributed by atoms with E-state index in [1.165, 1.54) is 6.07 Å². The number of nitrogens with zero attached hydrogens (tertiary/aromatic N) is 4. The quantitative estimate of drug-likeness (QED) is 0.615. The van der Waals surface area contributed by atoms with Gasteiger partial charge in [-0.2, -0.15) is 18.3 Å². The molecule has 3 aromatic rings. The number of carbonyl (C=O) groups excluding carboxylic acids is 1. The molecule has 3 heterocycles. The van der Waals surface area contributed by atoms with E-state index in [4.69, 9.17) is 10.5 Å². The van der Waals surface area contributed by atoms with Crippen molar-refractivity contribution in [3.8, 4) is 0 Å². The Hall–Kier alpha value is -3.27. The highest BCUT2D eigenvalue weighted by atomic mass is 19.4. The van der Waals surface area contributed by atoms with Crippen LogP contribution in [0.2, 0.25) is 0 Å². The lowest BCUT2D eigenvalue weighted by molar-refractivity contribution is -0.141. The Morgan fingerprint density at radius 2 is 1.94 bits per heavy atom. The van der Waals surface area contributed by atoms with Gasteiger partial charge in [0.05, 0.1) is 30.5 Å². The number of hydrogen-bond donors (Lipinski definition) is 1. The second kappa shape index (κ2) is 7.95. The zero-order valence-corrected chi connectivity index (χ0v) is 17.9. The number of benzene rings is 1. The smallest absolute Gasteiger partial charge is 0.383 e. The second-order valence-electron chi connectivity index (χ2n) is 8.39. The van der Waals surface area contributed by atoms with E-state index in [9.17, 15) is 18.0 Å². The first-order valence-electron chi connectivity index (χ1n) is 10.8. The number of nitrogen functional groups attached to an aromatic ring is 1. The first-order chi connectivity index (χ1) is 15.8. The molecule has 1 aliphatic heterocycles. The van der Waals surface area contributed by atoms with Gasteiger partial charge in [0.15, 0.2) is 5.69 Å². The van der Waals surface area contributed by atoms with Crippen LogP contribution in [0.3, 0.4) is 0 Å². The fourth-order valence-corrected chi connectivity index (χ4v) is 4.46. The van der Waals surface area contributed by atoms with Gasteiger partial charge in [0.2, 0.25) is 0 Å². The number of rotatable bonds is 5. The second-order valence-corrected chi connectivity index (χ2v) is 8.39. The number of fused-ring (bicyclic) bond motifs is 3. The third-order valence-corrected chi connectivity index (χ3v) is 6.26. The highest BCUT2D eigenvalue weighted by molar-refractivity contribution is 5.99. The number of halogens is 3. The summed E-state index contributed by atoms with van der Waals surface area (Å²) in [7, 11) is 0. The fraction of sp³-hybridized carbons (Fsp3) is 0.391. The van der Waals surface area contributed by atoms with Crippen molar-refractivity contribution in [3.63, 3.8) is 0 Å². The van der Waals surface area contributed by atoms with E-state index in [0.29, 0.717) is 42.4 Å². The number of amides is 1. The predicted octanol–water partition coefficient (Wildman–Crippen LogP) is 4.27. The number of ether oxygens (including phenoxy) is 1. The third kappa shape index (κ3) is 3.88. The average Bonchev–Trinajstić information content (AvgIpc) is 3.50. The van der Waals surface area contributed by atoms with Crippen molar-refractivity contribution in [1.29, 1.82) is 0 Å². The van der Waals surface area contributed by atoms with Crippen LogP contribution in [0.5, 0.6) is 0 Å². The summed E-state index contributed by atoms with van der Waals surface area (Å²) in [4.78, 5) is 19.7. The zero-order valence-electron chi connectivity index (χ0n) is 17.9. The van der Waals surface area contributed by atoms with Crippen molar-refractivity contribution in [1.82, 2.24) is 20.1 Å². The van der Waals surface area contributed by atoms with E-state index in [1.54, 1.807) is 23.1 Å². The molecule has 172 valence electrons. The highest BCUT2D eigenvalue weighted by Crippen LogP contribution is 2.44. The molecule has 0 bridgehead atoms. The van der Waals surface area contributed by atoms with Gasteiger partial charge in [-0.3, -0.25) is 4.79 Å². The summed E-state index contributed by atoms with van der Waals surface area (Å²) in [5.74, 6) is 0.348. The summed E-state index contributed by atoms with van der Waals surface area (Å²) in [6.07, 6.45) is -2.81. The van der Waals surface area contributed by atoms with Crippen LogP contribution < -0.4 is 5.73 Å². The maximum Gasteiger partial charge on any atom is 0.435 e. The topological polar surface area (TPSA) is 94.2 Å². The minimum atomic E-state index is -4.56. The van der Waals surface area contributed by atoms with E-state index < -0.39 is 17.9 Å². The Bertz CT molecular complexity index is 1230. The van der Waals surface area contributed by atoms with Crippen LogP contribution >= 0.6 is 0 Å². The Labute approximate surface area is 187 Å².